The number of Topliss-reactive ketones (excluding diaryl/α,β-unsaturated/α-hetero) is 1. The first-order valence-corrected chi connectivity index (χ1v) is 5.85. The quantitative estimate of drug-likeness (QED) is 0.527. The minimum atomic E-state index is -0.831. The lowest BCUT2D eigenvalue weighted by Crippen LogP contribution is -2.58. The van der Waals surface area contributed by atoms with Gasteiger partial charge in [0.15, 0.2) is 0 Å². The Morgan fingerprint density at radius 1 is 1.47 bits per heavy atom. The summed E-state index contributed by atoms with van der Waals surface area (Å²) in [7, 11) is 1.27. The van der Waals surface area contributed by atoms with E-state index in [4.69, 9.17) is 0 Å². The van der Waals surface area contributed by atoms with Crippen molar-refractivity contribution >= 4 is 17.7 Å². The van der Waals surface area contributed by atoms with Gasteiger partial charge < -0.3 is 10.1 Å². The van der Waals surface area contributed by atoms with Crippen molar-refractivity contribution in [3.05, 3.63) is 0 Å². The molecule has 0 bridgehead atoms. The second-order valence-corrected chi connectivity index (χ2v) is 5.22. The zero-order chi connectivity index (χ0) is 12.6. The van der Waals surface area contributed by atoms with Gasteiger partial charge in [0, 0.05) is 19.4 Å². The Balaban J connectivity index is 2.31. The van der Waals surface area contributed by atoms with E-state index in [2.05, 4.69) is 10.1 Å². The number of amides is 1. The Morgan fingerprint density at radius 3 is 2.82 bits per heavy atom. The second kappa shape index (κ2) is 4.13. The summed E-state index contributed by atoms with van der Waals surface area (Å²) in [5.74, 6) is -1.76. The number of hydrogen-bond acceptors (Lipinski definition) is 4. The summed E-state index contributed by atoms with van der Waals surface area (Å²) in [5.41, 5.74) is -0.166. The highest BCUT2D eigenvalue weighted by atomic mass is 16.5. The molecule has 1 saturated carbocycles. The van der Waals surface area contributed by atoms with Crippen molar-refractivity contribution in [2.75, 3.05) is 13.7 Å². The average molecular weight is 239 g/mol. The van der Waals surface area contributed by atoms with Gasteiger partial charge in [0.25, 0.3) is 0 Å². The topological polar surface area (TPSA) is 72.5 Å². The molecule has 1 aliphatic carbocycles. The zero-order valence-electron chi connectivity index (χ0n) is 10.1. The average Bonchev–Trinajstić information content (AvgIpc) is 2.31. The van der Waals surface area contributed by atoms with Crippen LogP contribution in [0.5, 0.6) is 0 Å². The summed E-state index contributed by atoms with van der Waals surface area (Å²) >= 11 is 0. The first-order valence-electron chi connectivity index (χ1n) is 5.85. The highest BCUT2D eigenvalue weighted by Crippen LogP contribution is 2.45. The standard InChI is InChI=1S/C12H17NO4/c1-12-4-3-7(14)5-8(12)9(11(16)17-2)10(15)13-6-12/h8-9H,3-6H2,1-2H3,(H,13,15)/t8-,9+,12+/m0/s1. The predicted molar refractivity (Wildman–Crippen MR) is 59.0 cm³/mol. The van der Waals surface area contributed by atoms with Gasteiger partial charge >= 0.3 is 5.97 Å². The molecule has 5 nitrogen and oxygen atoms in total. The van der Waals surface area contributed by atoms with E-state index in [-0.39, 0.29) is 23.0 Å². The van der Waals surface area contributed by atoms with Crippen molar-refractivity contribution in [1.29, 1.82) is 0 Å². The van der Waals surface area contributed by atoms with Gasteiger partial charge in [-0.15, -0.1) is 0 Å². The van der Waals surface area contributed by atoms with Crippen LogP contribution in [0.2, 0.25) is 0 Å². The van der Waals surface area contributed by atoms with Crippen molar-refractivity contribution in [3.63, 3.8) is 0 Å². The highest BCUT2D eigenvalue weighted by molar-refractivity contribution is 5.99. The van der Waals surface area contributed by atoms with E-state index in [0.717, 1.165) is 6.42 Å². The van der Waals surface area contributed by atoms with Gasteiger partial charge in [-0.1, -0.05) is 6.92 Å². The van der Waals surface area contributed by atoms with Crippen LogP contribution in [0.3, 0.4) is 0 Å². The molecule has 1 N–H and O–H groups in total. The molecular weight excluding hydrogens is 222 g/mol. The summed E-state index contributed by atoms with van der Waals surface area (Å²) in [6.07, 6.45) is 1.57. The number of methoxy groups -OCH3 is 1. The molecule has 2 rings (SSSR count). The van der Waals surface area contributed by atoms with Gasteiger partial charge in [-0.2, -0.15) is 0 Å². The van der Waals surface area contributed by atoms with E-state index < -0.39 is 11.9 Å². The van der Waals surface area contributed by atoms with Gasteiger partial charge in [0.1, 0.15) is 11.7 Å². The molecule has 1 amide bonds. The van der Waals surface area contributed by atoms with E-state index >= 15 is 0 Å². The molecule has 1 heterocycles. The Labute approximate surface area is 99.9 Å². The number of fused-ring (bicyclic) bond motifs is 1. The maximum absolute atomic E-state index is 11.8. The van der Waals surface area contributed by atoms with Gasteiger partial charge in [-0.3, -0.25) is 14.4 Å². The van der Waals surface area contributed by atoms with Crippen molar-refractivity contribution in [2.24, 2.45) is 17.3 Å². The maximum Gasteiger partial charge on any atom is 0.318 e. The van der Waals surface area contributed by atoms with Crippen LogP contribution in [0.25, 0.3) is 0 Å². The third-order valence-corrected chi connectivity index (χ3v) is 4.12. The molecule has 0 unspecified atom stereocenters. The fourth-order valence-corrected chi connectivity index (χ4v) is 2.92. The molecule has 17 heavy (non-hydrogen) atoms. The molecule has 0 spiro atoms. The van der Waals surface area contributed by atoms with Crippen LogP contribution < -0.4 is 5.32 Å². The third kappa shape index (κ3) is 1.94. The number of hydrogen-bond donors (Lipinski definition) is 1. The number of rotatable bonds is 1. The van der Waals surface area contributed by atoms with Crippen LogP contribution in [-0.2, 0) is 19.1 Å². The van der Waals surface area contributed by atoms with Crippen molar-refractivity contribution < 1.29 is 19.1 Å². The molecule has 0 aromatic heterocycles. The summed E-state index contributed by atoms with van der Waals surface area (Å²) in [6, 6.07) is 0. The molecule has 1 aliphatic heterocycles. The normalized spacial score (nSPS) is 37.1. The number of ether oxygens (including phenoxy) is 1. The number of piperidine rings is 1. The van der Waals surface area contributed by atoms with Gasteiger partial charge in [0.2, 0.25) is 5.91 Å². The third-order valence-electron chi connectivity index (χ3n) is 4.12. The summed E-state index contributed by atoms with van der Waals surface area (Å²) in [5, 5.41) is 2.75. The molecule has 2 fully saturated rings. The lowest BCUT2D eigenvalue weighted by atomic mass is 9.60. The van der Waals surface area contributed by atoms with Crippen molar-refractivity contribution in [2.45, 2.75) is 26.2 Å². The predicted octanol–water partition coefficient (Wildman–Crippen LogP) is 0.281. The van der Waals surface area contributed by atoms with Crippen LogP contribution >= 0.6 is 0 Å². The van der Waals surface area contributed by atoms with Gasteiger partial charge in [-0.25, -0.2) is 0 Å². The summed E-state index contributed by atoms with van der Waals surface area (Å²) in [6.45, 7) is 2.57. The molecule has 2 aliphatic rings. The summed E-state index contributed by atoms with van der Waals surface area (Å²) < 4.78 is 4.68. The molecule has 0 aromatic rings. The first-order chi connectivity index (χ1) is 7.98. The molecule has 0 radical (unpaired) electrons. The molecule has 0 aromatic carbocycles. The second-order valence-electron chi connectivity index (χ2n) is 5.22. The molecule has 1 saturated heterocycles. The highest BCUT2D eigenvalue weighted by Gasteiger charge is 2.52. The lowest BCUT2D eigenvalue weighted by molar-refractivity contribution is -0.160. The maximum atomic E-state index is 11.8. The van der Waals surface area contributed by atoms with E-state index in [1.54, 1.807) is 0 Å². The largest absolute Gasteiger partial charge is 0.468 e. The van der Waals surface area contributed by atoms with Crippen LogP contribution in [0.1, 0.15) is 26.2 Å². The smallest absolute Gasteiger partial charge is 0.318 e. The van der Waals surface area contributed by atoms with Crippen LogP contribution in [0, 0.1) is 17.3 Å². The molecule has 5 heteroatoms. The van der Waals surface area contributed by atoms with E-state index in [1.165, 1.54) is 7.11 Å². The van der Waals surface area contributed by atoms with E-state index in [9.17, 15) is 14.4 Å². The zero-order valence-corrected chi connectivity index (χ0v) is 10.1. The number of nitrogens with one attached hydrogen (secondary N) is 1. The van der Waals surface area contributed by atoms with Crippen LogP contribution in [0.4, 0.5) is 0 Å². The molecule has 94 valence electrons. The minimum Gasteiger partial charge on any atom is -0.468 e. The Morgan fingerprint density at radius 2 is 2.18 bits per heavy atom. The molecular formula is C12H17NO4. The Hall–Kier alpha value is -1.39. The van der Waals surface area contributed by atoms with Crippen LogP contribution in [-0.4, -0.2) is 31.3 Å². The lowest BCUT2D eigenvalue weighted by Gasteiger charge is -2.47. The van der Waals surface area contributed by atoms with Crippen molar-refractivity contribution in [3.8, 4) is 0 Å². The monoisotopic (exact) mass is 239 g/mol. The van der Waals surface area contributed by atoms with Crippen LogP contribution in [0.15, 0.2) is 0 Å². The molecule has 3 atom stereocenters. The van der Waals surface area contributed by atoms with Gasteiger partial charge in [-0.05, 0) is 17.8 Å². The van der Waals surface area contributed by atoms with Crippen molar-refractivity contribution in [1.82, 2.24) is 5.32 Å². The number of ketones is 1. The number of carbonyl (C=O) groups is 3. The fourth-order valence-electron chi connectivity index (χ4n) is 2.92. The number of carbonyl (C=O) groups excluding carboxylic acids is 3. The van der Waals surface area contributed by atoms with Gasteiger partial charge in [0.05, 0.1) is 7.11 Å². The Bertz CT molecular complexity index is 367. The minimum absolute atomic E-state index is 0.135. The summed E-state index contributed by atoms with van der Waals surface area (Å²) in [4.78, 5) is 35.0. The Kier molecular flexibility index (Phi) is 2.93. The SMILES string of the molecule is COC(=O)[C@H]1C(=O)NC[C@@]2(C)CCC(=O)C[C@@H]12. The fraction of sp³-hybridized carbons (Fsp3) is 0.750. The van der Waals surface area contributed by atoms with E-state index in [0.29, 0.717) is 19.4 Å². The number of esters is 1. The first kappa shape index (κ1) is 12.1. The van der Waals surface area contributed by atoms with E-state index in [1.807, 2.05) is 6.92 Å².